The fourth-order valence-corrected chi connectivity index (χ4v) is 2.67. The van der Waals surface area contributed by atoms with Crippen molar-refractivity contribution >= 4 is 8.80 Å². The summed E-state index contributed by atoms with van der Waals surface area (Å²) in [6.45, 7) is 0. The summed E-state index contributed by atoms with van der Waals surface area (Å²) >= 11 is 0. The molecule has 3 nitrogen and oxygen atoms in total. The smallest absolute Gasteiger partial charge is 0.390 e. The highest BCUT2D eigenvalue weighted by Crippen LogP contribution is 2.21. The minimum atomic E-state index is -3.59. The number of benzene rings is 1. The van der Waals surface area contributed by atoms with Crippen molar-refractivity contribution in [3.05, 3.63) is 34.9 Å². The van der Waals surface area contributed by atoms with Gasteiger partial charge in [0, 0.05) is 13.2 Å². The zero-order valence-corrected chi connectivity index (χ0v) is 11.9. The van der Waals surface area contributed by atoms with Crippen LogP contribution in [0.25, 0.3) is 0 Å². The molecule has 20 heavy (non-hydrogen) atoms. The van der Waals surface area contributed by atoms with Crippen LogP contribution in [0.5, 0.6) is 0 Å². The van der Waals surface area contributed by atoms with E-state index in [9.17, 15) is 27.2 Å². The van der Waals surface area contributed by atoms with Crippen molar-refractivity contribution in [2.75, 3.05) is 7.11 Å². The maximum atomic E-state index is 13.3. The predicted molar refractivity (Wildman–Crippen MR) is 65.8 cm³/mol. The summed E-state index contributed by atoms with van der Waals surface area (Å²) in [5, 5.41) is 0. The standard InChI is InChI=1S/C12H16F4O3Si/c1-19-20(17,18)6-4-2-3-5-8-7-9(13)11(15)12(16)10(8)14/h7,17-18H,2-6H2,1H3. The van der Waals surface area contributed by atoms with Gasteiger partial charge in [0.1, 0.15) is 0 Å². The highest BCUT2D eigenvalue weighted by Gasteiger charge is 2.29. The van der Waals surface area contributed by atoms with Gasteiger partial charge in [-0.15, -0.1) is 0 Å². The van der Waals surface area contributed by atoms with E-state index in [1.54, 1.807) is 0 Å². The molecule has 0 fully saturated rings. The molecule has 0 saturated heterocycles. The lowest BCUT2D eigenvalue weighted by Gasteiger charge is -2.14. The minimum absolute atomic E-state index is 0.0400. The Hall–Kier alpha value is -0.963. The third kappa shape index (κ3) is 4.55. The first kappa shape index (κ1) is 17.1. The van der Waals surface area contributed by atoms with E-state index in [0.29, 0.717) is 25.3 Å². The highest BCUT2D eigenvalue weighted by molar-refractivity contribution is 6.57. The normalized spacial score (nSPS) is 11.9. The summed E-state index contributed by atoms with van der Waals surface area (Å²) in [4.78, 5) is 18.5. The number of rotatable bonds is 7. The second kappa shape index (κ2) is 7.16. The first-order valence-electron chi connectivity index (χ1n) is 6.10. The molecule has 0 heterocycles. The highest BCUT2D eigenvalue weighted by atomic mass is 28.4. The number of unbranched alkanes of at least 4 members (excludes halogenated alkanes) is 2. The maximum Gasteiger partial charge on any atom is 0.495 e. The van der Waals surface area contributed by atoms with Crippen molar-refractivity contribution in [1.82, 2.24) is 0 Å². The molecule has 0 saturated carbocycles. The molecule has 8 heteroatoms. The molecular formula is C12H16F4O3Si. The second-order valence-electron chi connectivity index (χ2n) is 4.47. The van der Waals surface area contributed by atoms with Gasteiger partial charge in [-0.25, -0.2) is 17.6 Å². The number of halogens is 4. The van der Waals surface area contributed by atoms with E-state index in [1.165, 1.54) is 7.11 Å². The molecule has 0 spiro atoms. The second-order valence-corrected chi connectivity index (χ2v) is 6.86. The summed E-state index contributed by atoms with van der Waals surface area (Å²) in [5.41, 5.74) is -0.232. The van der Waals surface area contributed by atoms with Gasteiger partial charge in [0.05, 0.1) is 0 Å². The van der Waals surface area contributed by atoms with Gasteiger partial charge in [-0.3, -0.25) is 0 Å². The van der Waals surface area contributed by atoms with E-state index in [0.717, 1.165) is 0 Å². The Morgan fingerprint density at radius 2 is 1.65 bits per heavy atom. The molecule has 2 N–H and O–H groups in total. The Morgan fingerprint density at radius 1 is 1.00 bits per heavy atom. The van der Waals surface area contributed by atoms with Crippen molar-refractivity contribution in [3.63, 3.8) is 0 Å². The summed E-state index contributed by atoms with van der Waals surface area (Å²) in [6, 6.07) is 0.734. The molecule has 1 aromatic rings. The molecule has 0 unspecified atom stereocenters. The molecule has 0 aromatic heterocycles. The largest absolute Gasteiger partial charge is 0.495 e. The van der Waals surface area contributed by atoms with Crippen molar-refractivity contribution in [2.45, 2.75) is 31.7 Å². The van der Waals surface area contributed by atoms with Gasteiger partial charge in [-0.05, 0) is 30.9 Å². The fraction of sp³-hybridized carbons (Fsp3) is 0.500. The molecule has 0 atom stereocenters. The van der Waals surface area contributed by atoms with Crippen LogP contribution < -0.4 is 0 Å². The zero-order valence-electron chi connectivity index (χ0n) is 10.9. The van der Waals surface area contributed by atoms with E-state index >= 15 is 0 Å². The summed E-state index contributed by atoms with van der Waals surface area (Å²) in [5.74, 6) is -6.43. The summed E-state index contributed by atoms with van der Waals surface area (Å²) < 4.78 is 56.5. The van der Waals surface area contributed by atoms with Crippen LogP contribution >= 0.6 is 0 Å². The third-order valence-corrected chi connectivity index (χ3v) is 4.61. The van der Waals surface area contributed by atoms with Gasteiger partial charge in [0.15, 0.2) is 23.3 Å². The third-order valence-electron chi connectivity index (χ3n) is 2.95. The van der Waals surface area contributed by atoms with Crippen LogP contribution in [0, 0.1) is 23.3 Å². The molecule has 0 bridgehead atoms. The Morgan fingerprint density at radius 3 is 2.25 bits per heavy atom. The van der Waals surface area contributed by atoms with Gasteiger partial charge in [0.2, 0.25) is 0 Å². The molecule has 0 aliphatic heterocycles. The van der Waals surface area contributed by atoms with Gasteiger partial charge >= 0.3 is 8.80 Å². The van der Waals surface area contributed by atoms with Crippen molar-refractivity contribution in [3.8, 4) is 0 Å². The van der Waals surface area contributed by atoms with Crippen molar-refractivity contribution < 1.29 is 31.6 Å². The molecule has 0 radical (unpaired) electrons. The first-order valence-corrected chi connectivity index (χ1v) is 8.11. The number of aryl methyl sites for hydroxylation is 1. The predicted octanol–water partition coefficient (Wildman–Crippen LogP) is 2.53. The molecular weight excluding hydrogens is 296 g/mol. The van der Waals surface area contributed by atoms with E-state index < -0.39 is 32.1 Å². The molecule has 0 aliphatic carbocycles. The minimum Gasteiger partial charge on any atom is -0.390 e. The van der Waals surface area contributed by atoms with Crippen LogP contribution in [-0.2, 0) is 10.8 Å². The Labute approximate surface area is 115 Å². The Kier molecular flexibility index (Phi) is 6.12. The monoisotopic (exact) mass is 312 g/mol. The topological polar surface area (TPSA) is 49.7 Å². The number of hydrogen-bond donors (Lipinski definition) is 2. The van der Waals surface area contributed by atoms with Crippen LogP contribution in [0.1, 0.15) is 24.8 Å². The van der Waals surface area contributed by atoms with E-state index in [2.05, 4.69) is 4.43 Å². The quantitative estimate of drug-likeness (QED) is 0.267. The van der Waals surface area contributed by atoms with Crippen LogP contribution in [0.2, 0.25) is 6.04 Å². The first-order chi connectivity index (χ1) is 9.28. The maximum absolute atomic E-state index is 13.3. The van der Waals surface area contributed by atoms with E-state index in [-0.39, 0.29) is 18.0 Å². The van der Waals surface area contributed by atoms with E-state index in [4.69, 9.17) is 0 Å². The van der Waals surface area contributed by atoms with Crippen molar-refractivity contribution in [2.24, 2.45) is 0 Å². The van der Waals surface area contributed by atoms with E-state index in [1.807, 2.05) is 0 Å². The lowest BCUT2D eigenvalue weighted by atomic mass is 10.1. The Bertz CT molecular complexity index is 469. The molecule has 0 amide bonds. The van der Waals surface area contributed by atoms with Crippen LogP contribution in [0.4, 0.5) is 17.6 Å². The lowest BCUT2D eigenvalue weighted by molar-refractivity contribution is 0.183. The van der Waals surface area contributed by atoms with Crippen molar-refractivity contribution in [1.29, 1.82) is 0 Å². The molecule has 1 aromatic carbocycles. The Balaban J connectivity index is 2.47. The van der Waals surface area contributed by atoms with Gasteiger partial charge < -0.3 is 14.0 Å². The summed E-state index contributed by atoms with van der Waals surface area (Å²) in [7, 11) is -2.39. The van der Waals surface area contributed by atoms with Crippen LogP contribution in [0.3, 0.4) is 0 Å². The molecule has 114 valence electrons. The lowest BCUT2D eigenvalue weighted by Crippen LogP contribution is -2.37. The fourth-order valence-electron chi connectivity index (χ4n) is 1.75. The molecule has 1 rings (SSSR count). The number of hydrogen-bond acceptors (Lipinski definition) is 3. The zero-order chi connectivity index (χ0) is 15.3. The summed E-state index contributed by atoms with van der Waals surface area (Å²) in [6.07, 6.45) is 1.36. The SMILES string of the molecule is CO[Si](O)(O)CCCCCc1cc(F)c(F)c(F)c1F. The van der Waals surface area contributed by atoms with Gasteiger partial charge in [-0.1, -0.05) is 6.42 Å². The average Bonchev–Trinajstić information content (AvgIpc) is 2.41. The van der Waals surface area contributed by atoms with Gasteiger partial charge in [-0.2, -0.15) is 0 Å². The van der Waals surface area contributed by atoms with Crippen LogP contribution in [0.15, 0.2) is 6.07 Å². The van der Waals surface area contributed by atoms with Gasteiger partial charge in [0.25, 0.3) is 0 Å². The average molecular weight is 312 g/mol. The molecule has 0 aliphatic rings. The van der Waals surface area contributed by atoms with Crippen LogP contribution in [-0.4, -0.2) is 25.5 Å².